The highest BCUT2D eigenvalue weighted by atomic mass is 79.9. The highest BCUT2D eigenvalue weighted by Gasteiger charge is 2.05. The van der Waals surface area contributed by atoms with Crippen LogP contribution in [0.4, 0.5) is 5.69 Å². The molecule has 58 valence electrons. The zero-order valence-electron chi connectivity index (χ0n) is 5.32. The molecule has 0 aliphatic rings. The number of benzene rings is 1. The maximum absolute atomic E-state index is 10.3. The third kappa shape index (κ3) is 2.20. The summed E-state index contributed by atoms with van der Waals surface area (Å²) in [4.78, 5) is 10.4. The lowest BCUT2D eigenvalue weighted by atomic mass is 10.3. The second kappa shape index (κ2) is 3.23. The largest absolute Gasteiger partial charge is 0.271 e. The van der Waals surface area contributed by atoms with Crippen molar-refractivity contribution in [2.75, 3.05) is 0 Å². The van der Waals surface area contributed by atoms with Gasteiger partial charge in [0.15, 0.2) is 0 Å². The van der Waals surface area contributed by atoms with E-state index in [0.29, 0.717) is 9.37 Å². The van der Waals surface area contributed by atoms with Gasteiger partial charge in [-0.1, -0.05) is 15.9 Å². The standard InChI is InChI=1S/C6H4BrNO2S/c7-4-1-5(8(9)10)3-6(11)2-4/h1-3,11H. The van der Waals surface area contributed by atoms with Crippen molar-refractivity contribution in [3.63, 3.8) is 0 Å². The molecular formula is C6H4BrNO2S. The van der Waals surface area contributed by atoms with E-state index in [2.05, 4.69) is 28.6 Å². The van der Waals surface area contributed by atoms with Crippen LogP contribution in [-0.2, 0) is 0 Å². The van der Waals surface area contributed by atoms with Crippen LogP contribution in [0, 0.1) is 10.1 Å². The van der Waals surface area contributed by atoms with Crippen LogP contribution in [0.2, 0.25) is 0 Å². The van der Waals surface area contributed by atoms with E-state index in [-0.39, 0.29) is 5.69 Å². The predicted molar refractivity (Wildman–Crippen MR) is 48.0 cm³/mol. The molecule has 0 aliphatic heterocycles. The minimum atomic E-state index is -0.454. The Morgan fingerprint density at radius 2 is 2.09 bits per heavy atom. The van der Waals surface area contributed by atoms with E-state index in [9.17, 15) is 10.1 Å². The number of halogens is 1. The van der Waals surface area contributed by atoms with Gasteiger partial charge in [0.2, 0.25) is 0 Å². The van der Waals surface area contributed by atoms with Crippen LogP contribution in [0.3, 0.4) is 0 Å². The van der Waals surface area contributed by atoms with Gasteiger partial charge >= 0.3 is 0 Å². The Kier molecular flexibility index (Phi) is 2.51. The van der Waals surface area contributed by atoms with Gasteiger partial charge in [0.05, 0.1) is 4.92 Å². The zero-order chi connectivity index (χ0) is 8.43. The van der Waals surface area contributed by atoms with Gasteiger partial charge in [-0.15, -0.1) is 12.6 Å². The first-order valence-corrected chi connectivity index (χ1v) is 3.97. The Labute approximate surface area is 77.1 Å². The summed E-state index contributed by atoms with van der Waals surface area (Å²) in [6.07, 6.45) is 0. The molecule has 0 bridgehead atoms. The highest BCUT2D eigenvalue weighted by Crippen LogP contribution is 2.22. The molecule has 5 heteroatoms. The van der Waals surface area contributed by atoms with Crippen LogP contribution in [0.25, 0.3) is 0 Å². The average Bonchev–Trinajstić information content (AvgIpc) is 1.85. The van der Waals surface area contributed by atoms with E-state index in [0.717, 1.165) is 0 Å². The second-order valence-corrected chi connectivity index (χ2v) is 3.36. The number of hydrogen-bond acceptors (Lipinski definition) is 3. The van der Waals surface area contributed by atoms with Crippen molar-refractivity contribution in [2.45, 2.75) is 4.90 Å². The summed E-state index contributed by atoms with van der Waals surface area (Å²) in [5.41, 5.74) is 0.0457. The summed E-state index contributed by atoms with van der Waals surface area (Å²) in [6.45, 7) is 0. The fourth-order valence-electron chi connectivity index (χ4n) is 0.664. The first kappa shape index (κ1) is 8.55. The molecule has 1 aromatic carbocycles. The molecule has 0 aliphatic carbocycles. The van der Waals surface area contributed by atoms with Gasteiger partial charge in [-0.3, -0.25) is 10.1 Å². The number of nitrogens with zero attached hydrogens (tertiary/aromatic N) is 1. The predicted octanol–water partition coefficient (Wildman–Crippen LogP) is 2.65. The topological polar surface area (TPSA) is 43.1 Å². The molecule has 0 saturated carbocycles. The summed E-state index contributed by atoms with van der Waals surface area (Å²) < 4.78 is 0.664. The van der Waals surface area contributed by atoms with Crippen molar-refractivity contribution < 1.29 is 4.92 Å². The lowest BCUT2D eigenvalue weighted by Crippen LogP contribution is -1.87. The highest BCUT2D eigenvalue weighted by molar-refractivity contribution is 9.10. The minimum Gasteiger partial charge on any atom is -0.258 e. The summed E-state index contributed by atoms with van der Waals surface area (Å²) in [7, 11) is 0. The Hall–Kier alpha value is -0.550. The lowest BCUT2D eigenvalue weighted by molar-refractivity contribution is -0.385. The van der Waals surface area contributed by atoms with Crippen molar-refractivity contribution >= 4 is 34.2 Å². The van der Waals surface area contributed by atoms with Gasteiger partial charge in [0, 0.05) is 21.5 Å². The van der Waals surface area contributed by atoms with Gasteiger partial charge in [-0.25, -0.2) is 0 Å². The van der Waals surface area contributed by atoms with Crippen molar-refractivity contribution in [1.82, 2.24) is 0 Å². The molecule has 3 nitrogen and oxygen atoms in total. The van der Waals surface area contributed by atoms with E-state index in [1.165, 1.54) is 12.1 Å². The van der Waals surface area contributed by atoms with E-state index < -0.39 is 4.92 Å². The molecule has 0 radical (unpaired) electrons. The number of hydrogen-bond donors (Lipinski definition) is 1. The Morgan fingerprint density at radius 3 is 2.55 bits per heavy atom. The smallest absolute Gasteiger partial charge is 0.258 e. The molecule has 0 aromatic heterocycles. The minimum absolute atomic E-state index is 0.0457. The molecule has 0 N–H and O–H groups in total. The van der Waals surface area contributed by atoms with Crippen molar-refractivity contribution in [1.29, 1.82) is 0 Å². The van der Waals surface area contributed by atoms with Gasteiger partial charge in [0.25, 0.3) is 5.69 Å². The fraction of sp³-hybridized carbons (Fsp3) is 0. The van der Waals surface area contributed by atoms with E-state index in [1.807, 2.05) is 0 Å². The molecule has 0 heterocycles. The normalized spacial score (nSPS) is 9.64. The summed E-state index contributed by atoms with van der Waals surface area (Å²) in [6, 6.07) is 4.52. The molecule has 0 saturated heterocycles. The fourth-order valence-corrected chi connectivity index (χ4v) is 1.59. The summed E-state index contributed by atoms with van der Waals surface area (Å²) in [5.74, 6) is 0. The van der Waals surface area contributed by atoms with Crippen LogP contribution in [-0.4, -0.2) is 4.92 Å². The number of rotatable bonds is 1. The summed E-state index contributed by atoms with van der Waals surface area (Å²) >= 11 is 7.11. The molecule has 1 aromatic rings. The summed E-state index contributed by atoms with van der Waals surface area (Å²) in [5, 5.41) is 10.3. The molecule has 0 unspecified atom stereocenters. The van der Waals surface area contributed by atoms with Crippen LogP contribution in [0.15, 0.2) is 27.6 Å². The quantitative estimate of drug-likeness (QED) is 0.461. The van der Waals surface area contributed by atoms with Crippen LogP contribution in [0.5, 0.6) is 0 Å². The van der Waals surface area contributed by atoms with Gasteiger partial charge in [-0.2, -0.15) is 0 Å². The van der Waals surface area contributed by atoms with Crippen molar-refractivity contribution in [2.24, 2.45) is 0 Å². The van der Waals surface area contributed by atoms with Gasteiger partial charge in [0.1, 0.15) is 0 Å². The van der Waals surface area contributed by atoms with Crippen LogP contribution >= 0.6 is 28.6 Å². The first-order chi connectivity index (χ1) is 5.09. The molecule has 1 rings (SSSR count). The van der Waals surface area contributed by atoms with Crippen molar-refractivity contribution in [3.8, 4) is 0 Å². The maximum atomic E-state index is 10.3. The third-order valence-corrected chi connectivity index (χ3v) is 1.79. The molecule has 0 amide bonds. The molecule has 0 spiro atoms. The van der Waals surface area contributed by atoms with E-state index >= 15 is 0 Å². The Bertz CT molecular complexity index is 282. The number of thiol groups is 1. The molecule has 0 fully saturated rings. The van der Waals surface area contributed by atoms with Crippen molar-refractivity contribution in [3.05, 3.63) is 32.8 Å². The second-order valence-electron chi connectivity index (χ2n) is 1.92. The zero-order valence-corrected chi connectivity index (χ0v) is 7.80. The number of non-ortho nitro benzene ring substituents is 1. The average molecular weight is 234 g/mol. The van der Waals surface area contributed by atoms with E-state index in [1.54, 1.807) is 6.07 Å². The monoisotopic (exact) mass is 233 g/mol. The Balaban J connectivity index is 3.19. The van der Waals surface area contributed by atoms with Crippen LogP contribution in [0.1, 0.15) is 0 Å². The first-order valence-electron chi connectivity index (χ1n) is 2.73. The van der Waals surface area contributed by atoms with Gasteiger partial charge in [-0.05, 0) is 6.07 Å². The lowest BCUT2D eigenvalue weighted by Gasteiger charge is -1.93. The maximum Gasteiger partial charge on any atom is 0.271 e. The van der Waals surface area contributed by atoms with E-state index in [4.69, 9.17) is 0 Å². The Morgan fingerprint density at radius 1 is 1.45 bits per heavy atom. The number of nitro groups is 1. The molecule has 11 heavy (non-hydrogen) atoms. The van der Waals surface area contributed by atoms with Gasteiger partial charge < -0.3 is 0 Å². The number of nitro benzene ring substituents is 1. The third-order valence-electron chi connectivity index (χ3n) is 1.08. The van der Waals surface area contributed by atoms with Crippen LogP contribution < -0.4 is 0 Å². The molecule has 0 atom stereocenters. The SMILES string of the molecule is O=[N+]([O-])c1cc(S)cc(Br)c1. The molecular weight excluding hydrogens is 230 g/mol.